The number of hydrogen-bond acceptors (Lipinski definition) is 3. The molecule has 2 N–H and O–H groups in total. The topological polar surface area (TPSA) is 48.1 Å². The van der Waals surface area contributed by atoms with Crippen LogP contribution in [0.1, 0.15) is 24.5 Å². The summed E-state index contributed by atoms with van der Waals surface area (Å²) >= 11 is 0. The fraction of sp³-hybridized carbons (Fsp3) is 0.312. The van der Waals surface area contributed by atoms with Gasteiger partial charge in [0.1, 0.15) is 0 Å². The van der Waals surface area contributed by atoms with Crippen molar-refractivity contribution in [2.75, 3.05) is 18.9 Å². The molecule has 0 saturated carbocycles. The SMILES string of the molecule is Nc1c(-c2ccccc2)ccnc1C1CCOCC1. The first kappa shape index (κ1) is 12.2. The first-order chi connectivity index (χ1) is 9.36. The van der Waals surface area contributed by atoms with E-state index in [4.69, 9.17) is 10.5 Å². The third-order valence-corrected chi connectivity index (χ3v) is 3.71. The Labute approximate surface area is 113 Å². The highest BCUT2D eigenvalue weighted by atomic mass is 16.5. The van der Waals surface area contributed by atoms with Crippen LogP contribution in [0, 0.1) is 0 Å². The molecule has 1 aromatic carbocycles. The second-order valence-electron chi connectivity index (χ2n) is 4.91. The quantitative estimate of drug-likeness (QED) is 0.895. The van der Waals surface area contributed by atoms with Gasteiger partial charge in [-0.15, -0.1) is 0 Å². The summed E-state index contributed by atoms with van der Waals surface area (Å²) in [6.07, 6.45) is 3.88. The van der Waals surface area contributed by atoms with Crippen molar-refractivity contribution in [1.29, 1.82) is 0 Å². The number of nitrogen functional groups attached to an aromatic ring is 1. The smallest absolute Gasteiger partial charge is 0.0671 e. The number of ether oxygens (including phenoxy) is 1. The van der Waals surface area contributed by atoms with Gasteiger partial charge in [-0.2, -0.15) is 0 Å². The second-order valence-corrected chi connectivity index (χ2v) is 4.91. The van der Waals surface area contributed by atoms with E-state index in [-0.39, 0.29) is 0 Å². The van der Waals surface area contributed by atoms with Gasteiger partial charge in [-0.3, -0.25) is 4.98 Å². The molecule has 19 heavy (non-hydrogen) atoms. The number of anilines is 1. The van der Waals surface area contributed by atoms with Crippen LogP contribution in [0.15, 0.2) is 42.6 Å². The molecular formula is C16H18N2O. The van der Waals surface area contributed by atoms with Crippen molar-refractivity contribution in [3.8, 4) is 11.1 Å². The highest BCUT2D eigenvalue weighted by Gasteiger charge is 2.20. The van der Waals surface area contributed by atoms with Crippen LogP contribution in [0.2, 0.25) is 0 Å². The van der Waals surface area contributed by atoms with Crippen molar-refractivity contribution in [3.05, 3.63) is 48.3 Å². The number of pyridine rings is 1. The lowest BCUT2D eigenvalue weighted by Crippen LogP contribution is -2.16. The van der Waals surface area contributed by atoms with Crippen molar-refractivity contribution in [2.45, 2.75) is 18.8 Å². The van der Waals surface area contributed by atoms with E-state index in [0.29, 0.717) is 5.92 Å². The first-order valence-corrected chi connectivity index (χ1v) is 6.74. The molecule has 2 heterocycles. The average Bonchev–Trinajstić information content (AvgIpc) is 2.49. The van der Waals surface area contributed by atoms with Gasteiger partial charge in [0.05, 0.1) is 11.4 Å². The lowest BCUT2D eigenvalue weighted by atomic mass is 9.92. The van der Waals surface area contributed by atoms with E-state index in [2.05, 4.69) is 17.1 Å². The standard InChI is InChI=1S/C16H18N2O/c17-15-14(12-4-2-1-3-5-12)6-9-18-16(15)13-7-10-19-11-8-13/h1-6,9,13H,7-8,10-11,17H2. The first-order valence-electron chi connectivity index (χ1n) is 6.74. The van der Waals surface area contributed by atoms with Gasteiger partial charge in [0, 0.05) is 30.9 Å². The van der Waals surface area contributed by atoms with Crippen LogP contribution in [-0.4, -0.2) is 18.2 Å². The maximum absolute atomic E-state index is 6.34. The van der Waals surface area contributed by atoms with E-state index in [1.54, 1.807) is 0 Å². The van der Waals surface area contributed by atoms with Crippen LogP contribution >= 0.6 is 0 Å². The van der Waals surface area contributed by atoms with Gasteiger partial charge in [0.15, 0.2) is 0 Å². The monoisotopic (exact) mass is 254 g/mol. The Balaban J connectivity index is 1.99. The third-order valence-electron chi connectivity index (χ3n) is 3.71. The van der Waals surface area contributed by atoms with Crippen LogP contribution in [0.5, 0.6) is 0 Å². The molecule has 1 aromatic heterocycles. The molecular weight excluding hydrogens is 236 g/mol. The Bertz CT molecular complexity index is 548. The zero-order valence-corrected chi connectivity index (χ0v) is 10.9. The molecule has 2 aromatic rings. The van der Waals surface area contributed by atoms with Crippen LogP contribution in [-0.2, 0) is 4.74 Å². The van der Waals surface area contributed by atoms with Gasteiger partial charge < -0.3 is 10.5 Å². The Morgan fingerprint density at radius 2 is 1.79 bits per heavy atom. The maximum atomic E-state index is 6.34. The molecule has 0 aliphatic carbocycles. The number of nitrogens with zero attached hydrogens (tertiary/aromatic N) is 1. The number of rotatable bonds is 2. The molecule has 3 nitrogen and oxygen atoms in total. The van der Waals surface area contributed by atoms with E-state index >= 15 is 0 Å². The predicted molar refractivity (Wildman–Crippen MR) is 76.9 cm³/mol. The van der Waals surface area contributed by atoms with Crippen molar-refractivity contribution >= 4 is 5.69 Å². The molecule has 98 valence electrons. The average molecular weight is 254 g/mol. The predicted octanol–water partition coefficient (Wildman–Crippen LogP) is 3.22. The Kier molecular flexibility index (Phi) is 3.47. The van der Waals surface area contributed by atoms with E-state index in [1.807, 2.05) is 30.5 Å². The summed E-state index contributed by atoms with van der Waals surface area (Å²) in [5.74, 6) is 0.428. The fourth-order valence-corrected chi connectivity index (χ4v) is 2.66. The molecule has 0 atom stereocenters. The van der Waals surface area contributed by atoms with Crippen LogP contribution in [0.4, 0.5) is 5.69 Å². The van der Waals surface area contributed by atoms with Gasteiger partial charge in [0.25, 0.3) is 0 Å². The highest BCUT2D eigenvalue weighted by Crippen LogP contribution is 2.34. The maximum Gasteiger partial charge on any atom is 0.0671 e. The second kappa shape index (κ2) is 5.41. The Morgan fingerprint density at radius 3 is 2.53 bits per heavy atom. The number of hydrogen-bond donors (Lipinski definition) is 1. The summed E-state index contributed by atoms with van der Waals surface area (Å²) in [4.78, 5) is 4.51. The van der Waals surface area contributed by atoms with Crippen LogP contribution in [0.3, 0.4) is 0 Å². The summed E-state index contributed by atoms with van der Waals surface area (Å²) in [6, 6.07) is 12.2. The molecule has 1 fully saturated rings. The summed E-state index contributed by atoms with van der Waals surface area (Å²) < 4.78 is 5.41. The van der Waals surface area contributed by atoms with E-state index < -0.39 is 0 Å². The zero-order chi connectivity index (χ0) is 13.1. The molecule has 1 saturated heterocycles. The van der Waals surface area contributed by atoms with Crippen molar-refractivity contribution in [1.82, 2.24) is 4.98 Å². The molecule has 3 heteroatoms. The Morgan fingerprint density at radius 1 is 1.05 bits per heavy atom. The van der Waals surface area contributed by atoms with Crippen molar-refractivity contribution in [3.63, 3.8) is 0 Å². The molecule has 1 aliphatic rings. The summed E-state index contributed by atoms with van der Waals surface area (Å²) in [5, 5.41) is 0. The Hall–Kier alpha value is -1.87. The zero-order valence-electron chi connectivity index (χ0n) is 10.9. The van der Waals surface area contributed by atoms with E-state index in [0.717, 1.165) is 48.6 Å². The van der Waals surface area contributed by atoms with Gasteiger partial charge >= 0.3 is 0 Å². The molecule has 0 bridgehead atoms. The van der Waals surface area contributed by atoms with Gasteiger partial charge in [0.2, 0.25) is 0 Å². The largest absolute Gasteiger partial charge is 0.397 e. The number of benzene rings is 1. The molecule has 0 amide bonds. The summed E-state index contributed by atoms with van der Waals surface area (Å²) in [5.41, 5.74) is 10.4. The van der Waals surface area contributed by atoms with Crippen LogP contribution < -0.4 is 5.73 Å². The number of aromatic nitrogens is 1. The minimum atomic E-state index is 0.428. The lowest BCUT2D eigenvalue weighted by molar-refractivity contribution is 0.0846. The summed E-state index contributed by atoms with van der Waals surface area (Å²) in [7, 11) is 0. The third kappa shape index (κ3) is 2.47. The highest BCUT2D eigenvalue weighted by molar-refractivity contribution is 5.77. The summed E-state index contributed by atoms with van der Waals surface area (Å²) in [6.45, 7) is 1.61. The minimum Gasteiger partial charge on any atom is -0.397 e. The fourth-order valence-electron chi connectivity index (χ4n) is 2.66. The molecule has 0 radical (unpaired) electrons. The molecule has 3 rings (SSSR count). The number of nitrogens with two attached hydrogens (primary N) is 1. The minimum absolute atomic E-state index is 0.428. The van der Waals surface area contributed by atoms with Crippen LogP contribution in [0.25, 0.3) is 11.1 Å². The van der Waals surface area contributed by atoms with Gasteiger partial charge in [-0.05, 0) is 24.5 Å². The molecule has 0 spiro atoms. The van der Waals surface area contributed by atoms with Crippen molar-refractivity contribution in [2.24, 2.45) is 0 Å². The molecule has 1 aliphatic heterocycles. The van der Waals surface area contributed by atoms with Gasteiger partial charge in [-0.25, -0.2) is 0 Å². The van der Waals surface area contributed by atoms with E-state index in [9.17, 15) is 0 Å². The lowest BCUT2D eigenvalue weighted by Gasteiger charge is -2.23. The normalized spacial score (nSPS) is 16.4. The van der Waals surface area contributed by atoms with E-state index in [1.165, 1.54) is 0 Å². The van der Waals surface area contributed by atoms with Gasteiger partial charge in [-0.1, -0.05) is 30.3 Å². The van der Waals surface area contributed by atoms with Crippen molar-refractivity contribution < 1.29 is 4.74 Å². The molecule has 0 unspecified atom stereocenters.